The molecule has 2 aromatic heterocycles. The van der Waals surface area contributed by atoms with Gasteiger partial charge in [0.2, 0.25) is 0 Å². The van der Waals surface area contributed by atoms with Gasteiger partial charge in [0, 0.05) is 12.1 Å². The Morgan fingerprint density at radius 1 is 0.972 bits per heavy atom. The second kappa shape index (κ2) is 10.2. The first kappa shape index (κ1) is 26.1. The first-order chi connectivity index (χ1) is 16.9. The molecule has 0 aliphatic heterocycles. The smallest absolute Gasteiger partial charge is 0.433 e. The third kappa shape index (κ3) is 6.62. The normalized spacial score (nSPS) is 20.6. The van der Waals surface area contributed by atoms with Crippen LogP contribution in [0.25, 0.3) is 0 Å². The SMILES string of the molecule is CC(C)(C)OC(=O)NCc1ccc(C2CC2)c(C(=O)C2CCC(c3ccc(C(F)(F)F)nc3)CC2)n1. The van der Waals surface area contributed by atoms with Crippen LogP contribution in [-0.2, 0) is 17.5 Å². The molecule has 0 radical (unpaired) electrons. The van der Waals surface area contributed by atoms with Crippen LogP contribution in [0.15, 0.2) is 30.5 Å². The number of rotatable bonds is 6. The average molecular weight is 504 g/mol. The molecule has 0 saturated heterocycles. The van der Waals surface area contributed by atoms with Crippen LogP contribution in [-0.4, -0.2) is 27.4 Å². The summed E-state index contributed by atoms with van der Waals surface area (Å²) in [6.45, 7) is 5.52. The molecule has 4 rings (SSSR count). The van der Waals surface area contributed by atoms with Gasteiger partial charge in [0.1, 0.15) is 17.0 Å². The monoisotopic (exact) mass is 503 g/mol. The molecule has 2 heterocycles. The van der Waals surface area contributed by atoms with Crippen LogP contribution in [0.5, 0.6) is 0 Å². The lowest BCUT2D eigenvalue weighted by Gasteiger charge is -2.28. The van der Waals surface area contributed by atoms with Gasteiger partial charge in [0.25, 0.3) is 0 Å². The molecule has 2 aromatic rings. The average Bonchev–Trinajstić information content (AvgIpc) is 3.66. The number of alkyl carbamates (subject to hydrolysis) is 1. The molecule has 0 spiro atoms. The Morgan fingerprint density at radius 2 is 1.64 bits per heavy atom. The number of hydrogen-bond acceptors (Lipinski definition) is 5. The summed E-state index contributed by atoms with van der Waals surface area (Å²) in [4.78, 5) is 33.8. The molecule has 6 nitrogen and oxygen atoms in total. The van der Waals surface area contributed by atoms with Gasteiger partial charge in [-0.05, 0) is 94.4 Å². The molecule has 36 heavy (non-hydrogen) atoms. The molecule has 0 aromatic carbocycles. The van der Waals surface area contributed by atoms with Gasteiger partial charge < -0.3 is 10.1 Å². The Labute approximate surface area is 209 Å². The van der Waals surface area contributed by atoms with Gasteiger partial charge in [-0.25, -0.2) is 9.78 Å². The van der Waals surface area contributed by atoms with E-state index in [0.717, 1.165) is 30.0 Å². The maximum Gasteiger partial charge on any atom is 0.433 e. The maximum absolute atomic E-state index is 13.5. The number of Topliss-reactive ketones (excluding diaryl/α,β-unsaturated/α-hetero) is 1. The van der Waals surface area contributed by atoms with E-state index in [-0.39, 0.29) is 24.2 Å². The largest absolute Gasteiger partial charge is 0.444 e. The maximum atomic E-state index is 13.5. The number of alkyl halides is 3. The first-order valence-electron chi connectivity index (χ1n) is 12.4. The summed E-state index contributed by atoms with van der Waals surface area (Å²) in [5, 5.41) is 2.69. The van der Waals surface area contributed by atoms with Crippen LogP contribution in [0.1, 0.15) is 104 Å². The third-order valence-corrected chi connectivity index (χ3v) is 6.69. The van der Waals surface area contributed by atoms with E-state index in [1.807, 2.05) is 12.1 Å². The number of nitrogens with one attached hydrogen (secondary N) is 1. The van der Waals surface area contributed by atoms with Crippen LogP contribution in [0, 0.1) is 5.92 Å². The standard InChI is InChI=1S/C27H32F3N3O3/c1-26(2,3)36-25(35)32-15-20-11-12-21(17-6-7-17)23(33-20)24(34)18-8-4-16(5-9-18)19-10-13-22(31-14-19)27(28,29)30/h10-14,16-18H,4-9,15H2,1-3H3,(H,32,35). The highest BCUT2D eigenvalue weighted by molar-refractivity contribution is 5.97. The molecule has 1 amide bonds. The van der Waals surface area contributed by atoms with E-state index < -0.39 is 23.6 Å². The van der Waals surface area contributed by atoms with Crippen molar-refractivity contribution in [1.29, 1.82) is 0 Å². The molecule has 0 bridgehead atoms. The Hall–Kier alpha value is -2.97. The molecule has 0 unspecified atom stereocenters. The Kier molecular flexibility index (Phi) is 7.38. The summed E-state index contributed by atoms with van der Waals surface area (Å²) in [5.74, 6) is 0.269. The summed E-state index contributed by atoms with van der Waals surface area (Å²) in [5.41, 5.74) is 1.33. The van der Waals surface area contributed by atoms with Gasteiger partial charge in [-0.2, -0.15) is 13.2 Å². The van der Waals surface area contributed by atoms with Gasteiger partial charge in [-0.15, -0.1) is 0 Å². The van der Waals surface area contributed by atoms with E-state index in [1.165, 1.54) is 12.3 Å². The van der Waals surface area contributed by atoms with E-state index in [1.54, 1.807) is 20.8 Å². The summed E-state index contributed by atoms with van der Waals surface area (Å²) >= 11 is 0. The molecule has 2 saturated carbocycles. The minimum Gasteiger partial charge on any atom is -0.444 e. The highest BCUT2D eigenvalue weighted by atomic mass is 19.4. The second-order valence-corrected chi connectivity index (χ2v) is 10.8. The molecule has 2 aliphatic carbocycles. The number of halogens is 3. The second-order valence-electron chi connectivity index (χ2n) is 10.8. The molecule has 2 fully saturated rings. The lowest BCUT2D eigenvalue weighted by molar-refractivity contribution is -0.141. The number of ketones is 1. The number of amides is 1. The minimum absolute atomic E-state index is 0.0139. The molecule has 194 valence electrons. The van der Waals surface area contributed by atoms with Crippen molar-refractivity contribution >= 4 is 11.9 Å². The van der Waals surface area contributed by atoms with Crippen molar-refractivity contribution < 1.29 is 27.5 Å². The van der Waals surface area contributed by atoms with Crippen molar-refractivity contribution in [2.45, 2.75) is 89.5 Å². The number of ether oxygens (including phenoxy) is 1. The topological polar surface area (TPSA) is 81.2 Å². The van der Waals surface area contributed by atoms with Crippen molar-refractivity contribution in [3.63, 3.8) is 0 Å². The fourth-order valence-corrected chi connectivity index (χ4v) is 4.70. The minimum atomic E-state index is -4.45. The Balaban J connectivity index is 1.41. The molecule has 0 atom stereocenters. The van der Waals surface area contributed by atoms with Crippen LogP contribution < -0.4 is 5.32 Å². The van der Waals surface area contributed by atoms with Crippen molar-refractivity contribution in [3.8, 4) is 0 Å². The van der Waals surface area contributed by atoms with Crippen molar-refractivity contribution in [2.24, 2.45) is 5.92 Å². The van der Waals surface area contributed by atoms with Gasteiger partial charge in [0.15, 0.2) is 5.78 Å². The molecule has 9 heteroatoms. The zero-order valence-corrected chi connectivity index (χ0v) is 20.8. The fourth-order valence-electron chi connectivity index (χ4n) is 4.70. The molecule has 2 aliphatic rings. The van der Waals surface area contributed by atoms with E-state index in [2.05, 4.69) is 15.3 Å². The summed E-state index contributed by atoms with van der Waals surface area (Å²) in [7, 11) is 0. The number of pyridine rings is 2. The van der Waals surface area contributed by atoms with Crippen molar-refractivity contribution in [1.82, 2.24) is 15.3 Å². The first-order valence-corrected chi connectivity index (χ1v) is 12.4. The summed E-state index contributed by atoms with van der Waals surface area (Å²) in [6, 6.07) is 6.31. The summed E-state index contributed by atoms with van der Waals surface area (Å²) in [6.07, 6.45) is 1.10. The zero-order valence-electron chi connectivity index (χ0n) is 20.8. The molecular formula is C27H32F3N3O3. The lowest BCUT2D eigenvalue weighted by Crippen LogP contribution is -2.32. The lowest BCUT2D eigenvalue weighted by atomic mass is 9.76. The van der Waals surface area contributed by atoms with Crippen LogP contribution in [0.4, 0.5) is 18.0 Å². The molecule has 1 N–H and O–H groups in total. The highest BCUT2D eigenvalue weighted by Crippen LogP contribution is 2.43. The summed E-state index contributed by atoms with van der Waals surface area (Å²) < 4.78 is 43.7. The number of carbonyl (C=O) groups is 2. The quantitative estimate of drug-likeness (QED) is 0.452. The zero-order chi connectivity index (χ0) is 26.1. The number of carbonyl (C=O) groups excluding carboxylic acids is 2. The van der Waals surface area contributed by atoms with Crippen molar-refractivity contribution in [3.05, 3.63) is 58.7 Å². The van der Waals surface area contributed by atoms with E-state index in [9.17, 15) is 22.8 Å². The molecular weight excluding hydrogens is 471 g/mol. The Morgan fingerprint density at radius 3 is 2.19 bits per heavy atom. The Bertz CT molecular complexity index is 1100. The predicted octanol–water partition coefficient (Wildman–Crippen LogP) is 6.55. The number of nitrogens with zero attached hydrogens (tertiary/aromatic N) is 2. The third-order valence-electron chi connectivity index (χ3n) is 6.69. The van der Waals surface area contributed by atoms with Crippen LogP contribution >= 0.6 is 0 Å². The van der Waals surface area contributed by atoms with E-state index in [0.29, 0.717) is 43.0 Å². The fraction of sp³-hybridized carbons (Fsp3) is 0.556. The van der Waals surface area contributed by atoms with Crippen molar-refractivity contribution in [2.75, 3.05) is 0 Å². The highest BCUT2D eigenvalue weighted by Gasteiger charge is 2.35. The van der Waals surface area contributed by atoms with Crippen LogP contribution in [0.2, 0.25) is 0 Å². The van der Waals surface area contributed by atoms with Gasteiger partial charge in [0.05, 0.1) is 12.2 Å². The predicted molar refractivity (Wildman–Crippen MR) is 128 cm³/mol. The van der Waals surface area contributed by atoms with E-state index in [4.69, 9.17) is 4.74 Å². The number of hydrogen-bond donors (Lipinski definition) is 1. The number of aromatic nitrogens is 2. The van der Waals surface area contributed by atoms with Gasteiger partial charge in [-0.3, -0.25) is 9.78 Å². The van der Waals surface area contributed by atoms with Gasteiger partial charge >= 0.3 is 12.3 Å². The van der Waals surface area contributed by atoms with Gasteiger partial charge in [-0.1, -0.05) is 12.1 Å². The van der Waals surface area contributed by atoms with E-state index >= 15 is 0 Å². The van der Waals surface area contributed by atoms with Crippen LogP contribution in [0.3, 0.4) is 0 Å².